The molecule has 10 heteroatoms. The van der Waals surface area contributed by atoms with Gasteiger partial charge in [0.1, 0.15) is 16.5 Å². The molecule has 0 atom stereocenters. The summed E-state index contributed by atoms with van der Waals surface area (Å²) in [6.45, 7) is 3.47. The molecule has 1 heterocycles. The minimum Gasteiger partial charge on any atom is -0.459 e. The van der Waals surface area contributed by atoms with Gasteiger partial charge in [0, 0.05) is 10.7 Å². The number of hydrogen-bond donors (Lipinski definition) is 1. The molecular weight excluding hydrogens is 519 g/mol. The fourth-order valence-electron chi connectivity index (χ4n) is 3.38. The number of halogens is 2. The quantitative estimate of drug-likeness (QED) is 0.238. The average molecular weight is 539 g/mol. The van der Waals surface area contributed by atoms with Gasteiger partial charge in [-0.05, 0) is 86.6 Å². The predicted molar refractivity (Wildman–Crippen MR) is 139 cm³/mol. The van der Waals surface area contributed by atoms with Gasteiger partial charge < -0.3 is 14.8 Å². The number of benzene rings is 3. The number of esters is 2. The number of hydrogen-bond acceptors (Lipinski definition) is 7. The Morgan fingerprint density at radius 2 is 1.35 bits per heavy atom. The lowest BCUT2D eigenvalue weighted by atomic mass is 10.2. The van der Waals surface area contributed by atoms with E-state index in [0.29, 0.717) is 16.5 Å². The maximum Gasteiger partial charge on any atom is 0.343 e. The molecule has 0 saturated heterocycles. The minimum absolute atomic E-state index is 0.119. The van der Waals surface area contributed by atoms with Crippen LogP contribution < -0.4 is 15.0 Å². The van der Waals surface area contributed by atoms with E-state index in [-0.39, 0.29) is 33.6 Å². The van der Waals surface area contributed by atoms with E-state index in [4.69, 9.17) is 32.7 Å². The maximum absolute atomic E-state index is 13.0. The average Bonchev–Trinajstić information content (AvgIpc) is 3.08. The van der Waals surface area contributed by atoms with Crippen LogP contribution in [0, 0.1) is 0 Å². The van der Waals surface area contributed by atoms with Crippen LogP contribution in [0.2, 0.25) is 5.02 Å². The third-order valence-corrected chi connectivity index (χ3v) is 5.75. The number of nitrogens with one attached hydrogen (secondary N) is 1. The highest BCUT2D eigenvalue weighted by Crippen LogP contribution is 2.30. The second kappa shape index (κ2) is 10.9. The topological polar surface area (TPSA) is 102 Å². The first kappa shape index (κ1) is 25.9. The Balaban J connectivity index is 1.44. The molecule has 3 aromatic carbocycles. The number of carbonyl (C=O) groups excluding carboxylic acids is 4. The van der Waals surface area contributed by atoms with E-state index in [1.807, 2.05) is 0 Å². The zero-order valence-electron chi connectivity index (χ0n) is 19.7. The number of anilines is 2. The third-order valence-electron chi connectivity index (χ3n) is 5.15. The molecule has 0 aliphatic carbocycles. The SMILES string of the molecule is CC(C)OC(=O)c1ccc(N2C(=O)C(Cl)=C(Nc3ccc(C(=O)Oc4ccc(Cl)cc4)cc3)C2=O)cc1. The Morgan fingerprint density at radius 3 is 1.95 bits per heavy atom. The molecule has 2 amide bonds. The lowest BCUT2D eigenvalue weighted by molar-refractivity contribution is -0.120. The number of rotatable bonds is 7. The third kappa shape index (κ3) is 5.82. The number of amides is 2. The molecule has 4 rings (SSSR count). The van der Waals surface area contributed by atoms with E-state index in [1.165, 1.54) is 36.4 Å². The molecule has 3 aromatic rings. The molecule has 1 aliphatic heterocycles. The minimum atomic E-state index is -0.713. The standard InChI is InChI=1S/C27H20Cl2N2O6/c1-15(2)36-26(34)17-5-11-20(12-6-17)31-24(32)22(29)23(25(31)33)30-19-9-3-16(4-10-19)27(35)37-21-13-7-18(28)8-14-21/h3-15,30H,1-2H3. The van der Waals surface area contributed by atoms with E-state index < -0.39 is 23.8 Å². The van der Waals surface area contributed by atoms with Crippen molar-refractivity contribution in [3.8, 4) is 5.75 Å². The summed E-state index contributed by atoms with van der Waals surface area (Å²) in [5.74, 6) is -2.13. The van der Waals surface area contributed by atoms with Crippen LogP contribution in [0.1, 0.15) is 34.6 Å². The summed E-state index contributed by atoms with van der Waals surface area (Å²) in [5.41, 5.74) is 1.10. The van der Waals surface area contributed by atoms with Gasteiger partial charge >= 0.3 is 11.9 Å². The molecule has 0 aromatic heterocycles. The monoisotopic (exact) mass is 538 g/mol. The summed E-state index contributed by atoms with van der Waals surface area (Å²) >= 11 is 12.0. The number of carbonyl (C=O) groups is 4. The zero-order valence-corrected chi connectivity index (χ0v) is 21.2. The first-order chi connectivity index (χ1) is 17.6. The Morgan fingerprint density at radius 1 is 0.784 bits per heavy atom. The van der Waals surface area contributed by atoms with Crippen molar-refractivity contribution in [3.05, 3.63) is 99.7 Å². The summed E-state index contributed by atoms with van der Waals surface area (Å²) in [6.07, 6.45) is -0.284. The van der Waals surface area contributed by atoms with Gasteiger partial charge in [-0.3, -0.25) is 9.59 Å². The van der Waals surface area contributed by atoms with E-state index in [2.05, 4.69) is 5.32 Å². The molecule has 188 valence electrons. The fourth-order valence-corrected chi connectivity index (χ4v) is 3.72. The smallest absolute Gasteiger partial charge is 0.343 e. The van der Waals surface area contributed by atoms with Crippen LogP contribution in [0.5, 0.6) is 5.75 Å². The van der Waals surface area contributed by atoms with Crippen LogP contribution in [0.15, 0.2) is 83.5 Å². The van der Waals surface area contributed by atoms with Gasteiger partial charge in [0.25, 0.3) is 11.8 Å². The molecule has 1 N–H and O–H groups in total. The van der Waals surface area contributed by atoms with Crippen molar-refractivity contribution < 1.29 is 28.7 Å². The molecule has 0 fully saturated rings. The highest BCUT2D eigenvalue weighted by molar-refractivity contribution is 6.53. The molecule has 0 spiro atoms. The largest absolute Gasteiger partial charge is 0.459 e. The van der Waals surface area contributed by atoms with Crippen LogP contribution in [-0.4, -0.2) is 29.9 Å². The van der Waals surface area contributed by atoms with Crippen LogP contribution in [0.25, 0.3) is 0 Å². The van der Waals surface area contributed by atoms with Crippen LogP contribution >= 0.6 is 23.2 Å². The van der Waals surface area contributed by atoms with Gasteiger partial charge in [-0.2, -0.15) is 0 Å². The molecule has 8 nitrogen and oxygen atoms in total. The molecule has 0 radical (unpaired) electrons. The Kier molecular flexibility index (Phi) is 7.61. The maximum atomic E-state index is 13.0. The number of ether oxygens (including phenoxy) is 2. The van der Waals surface area contributed by atoms with E-state index in [1.54, 1.807) is 50.2 Å². The second-order valence-corrected chi connectivity index (χ2v) is 9.00. The predicted octanol–water partition coefficient (Wildman–Crippen LogP) is 5.56. The van der Waals surface area contributed by atoms with Crippen molar-refractivity contribution in [3.63, 3.8) is 0 Å². The lowest BCUT2D eigenvalue weighted by Crippen LogP contribution is -2.32. The van der Waals surface area contributed by atoms with Crippen molar-refractivity contribution in [2.45, 2.75) is 20.0 Å². The van der Waals surface area contributed by atoms with Crippen molar-refractivity contribution >= 4 is 58.3 Å². The highest BCUT2D eigenvalue weighted by Gasteiger charge is 2.39. The van der Waals surface area contributed by atoms with E-state index in [0.717, 1.165) is 4.90 Å². The summed E-state index contributed by atoms with van der Waals surface area (Å²) in [6, 6.07) is 18.3. The fraction of sp³-hybridized carbons (Fsp3) is 0.111. The van der Waals surface area contributed by atoms with Gasteiger partial charge in [0.05, 0.1) is 22.9 Å². The van der Waals surface area contributed by atoms with Crippen molar-refractivity contribution in [2.75, 3.05) is 10.2 Å². The van der Waals surface area contributed by atoms with Crippen LogP contribution in [0.4, 0.5) is 11.4 Å². The molecule has 0 saturated carbocycles. The summed E-state index contributed by atoms with van der Waals surface area (Å²) in [4.78, 5) is 51.1. The lowest BCUT2D eigenvalue weighted by Gasteiger charge is -2.16. The van der Waals surface area contributed by atoms with Crippen molar-refractivity contribution in [1.82, 2.24) is 0 Å². The van der Waals surface area contributed by atoms with Crippen LogP contribution in [-0.2, 0) is 14.3 Å². The van der Waals surface area contributed by atoms with E-state index in [9.17, 15) is 19.2 Å². The Bertz CT molecular complexity index is 1400. The molecule has 0 unspecified atom stereocenters. The van der Waals surface area contributed by atoms with Gasteiger partial charge in [-0.15, -0.1) is 0 Å². The molecule has 37 heavy (non-hydrogen) atoms. The second-order valence-electron chi connectivity index (χ2n) is 8.18. The van der Waals surface area contributed by atoms with Crippen molar-refractivity contribution in [1.29, 1.82) is 0 Å². The van der Waals surface area contributed by atoms with Crippen molar-refractivity contribution in [2.24, 2.45) is 0 Å². The van der Waals surface area contributed by atoms with Gasteiger partial charge in [0.15, 0.2) is 0 Å². The Labute approximate surface area is 222 Å². The zero-order chi connectivity index (χ0) is 26.7. The first-order valence-corrected chi connectivity index (χ1v) is 11.8. The van der Waals surface area contributed by atoms with Gasteiger partial charge in [0.2, 0.25) is 0 Å². The highest BCUT2D eigenvalue weighted by atomic mass is 35.5. The van der Waals surface area contributed by atoms with E-state index >= 15 is 0 Å². The molecule has 1 aliphatic rings. The number of nitrogens with zero attached hydrogens (tertiary/aromatic N) is 1. The molecule has 0 bridgehead atoms. The molecular formula is C27H20Cl2N2O6. The normalized spacial score (nSPS) is 13.3. The summed E-state index contributed by atoms with van der Waals surface area (Å²) in [7, 11) is 0. The summed E-state index contributed by atoms with van der Waals surface area (Å²) < 4.78 is 10.4. The first-order valence-electron chi connectivity index (χ1n) is 11.1. The van der Waals surface area contributed by atoms with Gasteiger partial charge in [-0.25, -0.2) is 14.5 Å². The summed E-state index contributed by atoms with van der Waals surface area (Å²) in [5, 5.41) is 3.07. The number of imide groups is 1. The van der Waals surface area contributed by atoms with Crippen LogP contribution in [0.3, 0.4) is 0 Å². The Hall–Kier alpha value is -4.14. The van der Waals surface area contributed by atoms with Gasteiger partial charge in [-0.1, -0.05) is 23.2 Å².